The van der Waals surface area contributed by atoms with Gasteiger partial charge in [-0.15, -0.1) is 0 Å². The van der Waals surface area contributed by atoms with Crippen molar-refractivity contribution in [2.24, 2.45) is 0 Å². The number of piperidine rings is 1. The highest BCUT2D eigenvalue weighted by atomic mass is 35.5. The third kappa shape index (κ3) is 7.25. The number of rotatable bonds is 2. The van der Waals surface area contributed by atoms with E-state index >= 15 is 0 Å². The van der Waals surface area contributed by atoms with Crippen molar-refractivity contribution in [1.29, 1.82) is 0 Å². The van der Waals surface area contributed by atoms with Crippen LogP contribution >= 0.6 is 11.6 Å². The van der Waals surface area contributed by atoms with Gasteiger partial charge in [-0.25, -0.2) is 4.39 Å². The van der Waals surface area contributed by atoms with Crippen molar-refractivity contribution in [1.82, 2.24) is 15.5 Å². The highest BCUT2D eigenvalue weighted by Crippen LogP contribution is 2.33. The number of likely N-dealkylation sites (tertiary alicyclic amines) is 1. The molecule has 0 unspecified atom stereocenters. The van der Waals surface area contributed by atoms with Crippen molar-refractivity contribution in [2.45, 2.75) is 25.1 Å². The summed E-state index contributed by atoms with van der Waals surface area (Å²) in [6.07, 6.45) is -0.340. The van der Waals surface area contributed by atoms with Crippen LogP contribution in [0, 0.1) is 5.82 Å². The Balaban J connectivity index is 1.36. The number of phenols is 1. The van der Waals surface area contributed by atoms with Crippen molar-refractivity contribution in [3.63, 3.8) is 0 Å². The average Bonchev–Trinajstić information content (AvgIpc) is 3.07. The molecule has 12 heteroatoms. The Morgan fingerprint density at radius 2 is 1.87 bits per heavy atom. The summed E-state index contributed by atoms with van der Waals surface area (Å²) >= 11 is 5.94. The van der Waals surface area contributed by atoms with Gasteiger partial charge in [0.05, 0.1) is 18.2 Å². The molecule has 2 aliphatic rings. The number of phenolic OH excluding ortho intramolecular Hbond substituents is 1. The number of carbonyl (C=O) groups excluding carboxylic acids is 3. The summed E-state index contributed by atoms with van der Waals surface area (Å²) in [5.41, 5.74) is 2.34. The number of benzene rings is 4. The monoisotopic (exact) mass is 659 g/mol. The number of nitrogens with one attached hydrogen (secondary N) is 2. The molecule has 1 saturated heterocycles. The molecule has 2 aliphatic heterocycles. The van der Waals surface area contributed by atoms with E-state index in [0.717, 1.165) is 0 Å². The predicted octanol–water partition coefficient (Wildman–Crippen LogP) is 4.96. The fourth-order valence-electron chi connectivity index (χ4n) is 5.67. The lowest BCUT2D eigenvalue weighted by atomic mass is 9.98. The molecule has 0 saturated carbocycles. The van der Waals surface area contributed by atoms with E-state index in [4.69, 9.17) is 25.8 Å². The zero-order chi connectivity index (χ0) is 33.1. The molecule has 0 aromatic heterocycles. The van der Waals surface area contributed by atoms with Gasteiger partial charge >= 0.3 is 0 Å². The third-order valence-electron chi connectivity index (χ3n) is 8.03. The van der Waals surface area contributed by atoms with Crippen molar-refractivity contribution < 1.29 is 38.1 Å². The lowest BCUT2D eigenvalue weighted by molar-refractivity contribution is -0.123. The van der Waals surface area contributed by atoms with Gasteiger partial charge in [0.15, 0.2) is 6.61 Å². The van der Waals surface area contributed by atoms with Gasteiger partial charge in [-0.1, -0.05) is 23.7 Å². The number of hydrogen-bond acceptors (Lipinski definition) is 7. The van der Waals surface area contributed by atoms with Gasteiger partial charge in [-0.05, 0) is 71.8 Å². The van der Waals surface area contributed by atoms with Gasteiger partial charge in [-0.3, -0.25) is 14.4 Å². The number of nitrogens with zero attached hydrogens (tertiary/aromatic N) is 1. The van der Waals surface area contributed by atoms with E-state index in [-0.39, 0.29) is 54.2 Å². The van der Waals surface area contributed by atoms with Gasteiger partial charge in [0.2, 0.25) is 0 Å². The van der Waals surface area contributed by atoms with Crippen molar-refractivity contribution in [3.8, 4) is 34.1 Å². The summed E-state index contributed by atoms with van der Waals surface area (Å²) in [6, 6.07) is 19.7. The topological polar surface area (TPSA) is 126 Å². The molecule has 3 N–H and O–H groups in total. The van der Waals surface area contributed by atoms with Crippen LogP contribution in [0.4, 0.5) is 4.39 Å². The fraction of sp³-hybridized carbons (Fsp3) is 0.229. The Kier molecular flexibility index (Phi) is 9.17. The Hall–Kier alpha value is -5.29. The zero-order valence-corrected chi connectivity index (χ0v) is 26.1. The number of carbonyl (C=O) groups is 3. The molecule has 242 valence electrons. The molecule has 2 atom stereocenters. The summed E-state index contributed by atoms with van der Waals surface area (Å²) in [7, 11) is 1.53. The minimum Gasteiger partial charge on any atom is -0.506 e. The van der Waals surface area contributed by atoms with E-state index in [9.17, 15) is 23.9 Å². The van der Waals surface area contributed by atoms with E-state index in [0.29, 0.717) is 40.2 Å². The molecular weight excluding hydrogens is 629 g/mol. The Morgan fingerprint density at radius 1 is 1.02 bits per heavy atom. The van der Waals surface area contributed by atoms with Gasteiger partial charge < -0.3 is 34.9 Å². The second-order valence-electron chi connectivity index (χ2n) is 11.2. The first-order valence-corrected chi connectivity index (χ1v) is 15.3. The van der Waals surface area contributed by atoms with Crippen LogP contribution in [0.1, 0.15) is 32.7 Å². The Labute approximate surface area is 275 Å². The number of fused-ring (bicyclic) bond motifs is 8. The molecule has 10 nitrogen and oxygen atoms in total. The second kappa shape index (κ2) is 13.6. The second-order valence-corrected chi connectivity index (χ2v) is 11.7. The lowest BCUT2D eigenvalue weighted by Crippen LogP contribution is -2.58. The fourth-order valence-corrected chi connectivity index (χ4v) is 5.79. The Bertz CT molecular complexity index is 1850. The molecule has 0 spiro atoms. The molecule has 4 aromatic rings. The molecule has 0 radical (unpaired) electrons. The number of aromatic hydroxyl groups is 1. The van der Waals surface area contributed by atoms with Gasteiger partial charge in [0, 0.05) is 48.8 Å². The zero-order valence-electron chi connectivity index (χ0n) is 25.3. The molecule has 2 heterocycles. The molecular formula is C35H31ClFN3O7. The highest BCUT2D eigenvalue weighted by molar-refractivity contribution is 6.32. The third-order valence-corrected chi connectivity index (χ3v) is 8.35. The summed E-state index contributed by atoms with van der Waals surface area (Å²) < 4.78 is 32.3. The van der Waals surface area contributed by atoms with Crippen LogP contribution in [-0.4, -0.2) is 66.7 Å². The highest BCUT2D eigenvalue weighted by Gasteiger charge is 2.35. The maximum Gasteiger partial charge on any atom is 0.258 e. The van der Waals surface area contributed by atoms with E-state index in [2.05, 4.69) is 10.6 Å². The van der Waals surface area contributed by atoms with Crippen molar-refractivity contribution in [3.05, 3.63) is 106 Å². The van der Waals surface area contributed by atoms with Crippen LogP contribution in [0.2, 0.25) is 5.02 Å². The molecule has 47 heavy (non-hydrogen) atoms. The van der Waals surface area contributed by atoms with Crippen LogP contribution in [0.15, 0.2) is 78.9 Å². The minimum absolute atomic E-state index is 0.0282. The minimum atomic E-state index is -0.711. The summed E-state index contributed by atoms with van der Waals surface area (Å²) in [6.45, 7) is 0.0938. The standard InChI is InChI=1S/C35H31ClFN3O7/c1-45-31-8-6-22-14-27(31)21-3-2-4-25(13-21)46-19-33(42)38-17-20-11-24(37)16-26(12-20)47-32-9-10-40(18-29(32)39-34(22)43)35(44)23-5-7-28(36)30(41)15-23/h2-8,11-16,29,32,41H,9-10,17-19H2,1H3,(H,38,42)(H,39,43)/t29-,32-/m1/s1. The smallest absolute Gasteiger partial charge is 0.258 e. The number of halogens is 2. The number of hydrogen-bond donors (Lipinski definition) is 3. The number of amides is 3. The molecule has 4 aromatic carbocycles. The van der Waals surface area contributed by atoms with Crippen LogP contribution < -0.4 is 24.8 Å². The Morgan fingerprint density at radius 3 is 2.68 bits per heavy atom. The normalized spacial score (nSPS) is 18.1. The first-order valence-electron chi connectivity index (χ1n) is 14.9. The van der Waals surface area contributed by atoms with E-state index in [1.165, 1.54) is 37.4 Å². The van der Waals surface area contributed by atoms with E-state index < -0.39 is 29.8 Å². The molecule has 6 bridgehead atoms. The number of ether oxygens (including phenoxy) is 3. The van der Waals surface area contributed by atoms with E-state index in [1.54, 1.807) is 47.4 Å². The van der Waals surface area contributed by atoms with Crippen molar-refractivity contribution in [2.75, 3.05) is 26.8 Å². The van der Waals surface area contributed by atoms with Gasteiger partial charge in [0.25, 0.3) is 17.7 Å². The molecule has 3 amide bonds. The van der Waals surface area contributed by atoms with Gasteiger partial charge in [-0.2, -0.15) is 0 Å². The first kappa shape index (κ1) is 31.7. The lowest BCUT2D eigenvalue weighted by Gasteiger charge is -2.39. The van der Waals surface area contributed by atoms with Crippen molar-refractivity contribution >= 4 is 29.3 Å². The van der Waals surface area contributed by atoms with Gasteiger partial charge in [0.1, 0.15) is 34.9 Å². The van der Waals surface area contributed by atoms with E-state index in [1.807, 2.05) is 6.07 Å². The molecule has 1 fully saturated rings. The largest absolute Gasteiger partial charge is 0.506 e. The summed E-state index contributed by atoms with van der Waals surface area (Å²) in [5, 5.41) is 16.0. The summed E-state index contributed by atoms with van der Waals surface area (Å²) in [5.74, 6) is -0.820. The maximum atomic E-state index is 14.7. The molecule has 6 rings (SSSR count). The van der Waals surface area contributed by atoms with Crippen LogP contribution in [0.5, 0.6) is 23.0 Å². The van der Waals surface area contributed by atoms with Crippen LogP contribution in [-0.2, 0) is 11.3 Å². The molecule has 0 aliphatic carbocycles. The predicted molar refractivity (Wildman–Crippen MR) is 171 cm³/mol. The van der Waals surface area contributed by atoms with Crippen LogP contribution in [0.3, 0.4) is 0 Å². The first-order chi connectivity index (χ1) is 22.7. The number of methoxy groups -OCH3 is 1. The summed E-state index contributed by atoms with van der Waals surface area (Å²) in [4.78, 5) is 41.4. The SMILES string of the molecule is COc1ccc2cc1-c1cccc(c1)OCC(=O)NCc1cc(F)cc(c1)O[C@@H]1CCN(C(=O)c3ccc(Cl)c(O)c3)C[C@H]1NC2=O. The average molecular weight is 660 g/mol. The maximum absolute atomic E-state index is 14.7. The van der Waals surface area contributed by atoms with Crippen LogP contribution in [0.25, 0.3) is 11.1 Å². The quantitative estimate of drug-likeness (QED) is 0.278.